The van der Waals surface area contributed by atoms with E-state index in [1.165, 1.54) is 13.2 Å². The standard InChI is InChI=1S/C6H7NO2.ClH/c1-4(8)5-2-3-9-6(5)7;/h2-3H,7H2,1H3;1H. The Balaban J connectivity index is 0.000000810. The molecule has 0 aliphatic carbocycles. The van der Waals surface area contributed by atoms with Crippen LogP contribution in [0, 0.1) is 0 Å². The van der Waals surface area contributed by atoms with E-state index in [4.69, 9.17) is 5.73 Å². The fourth-order valence-corrected chi connectivity index (χ4v) is 0.612. The molecule has 0 aliphatic rings. The second-order valence-corrected chi connectivity index (χ2v) is 1.75. The van der Waals surface area contributed by atoms with Gasteiger partial charge >= 0.3 is 0 Å². The van der Waals surface area contributed by atoms with Gasteiger partial charge in [-0.2, -0.15) is 0 Å². The Hall–Kier alpha value is -0.960. The second-order valence-electron chi connectivity index (χ2n) is 1.75. The number of carbonyl (C=O) groups excluding carboxylic acids is 1. The van der Waals surface area contributed by atoms with Crippen LogP contribution < -0.4 is 5.73 Å². The van der Waals surface area contributed by atoms with Crippen molar-refractivity contribution in [3.05, 3.63) is 17.9 Å². The fraction of sp³-hybridized carbons (Fsp3) is 0.167. The lowest BCUT2D eigenvalue weighted by Gasteiger charge is -1.86. The average Bonchev–Trinajstić information content (AvgIpc) is 2.13. The van der Waals surface area contributed by atoms with Crippen molar-refractivity contribution in [1.82, 2.24) is 0 Å². The largest absolute Gasteiger partial charge is 0.448 e. The van der Waals surface area contributed by atoms with Crippen LogP contribution in [0.25, 0.3) is 0 Å². The number of nitrogen functional groups attached to an aromatic ring is 1. The van der Waals surface area contributed by atoms with Crippen LogP contribution in [0.1, 0.15) is 17.3 Å². The predicted molar refractivity (Wildman–Crippen MR) is 40.4 cm³/mol. The Bertz CT molecular complexity index is 231. The minimum absolute atomic E-state index is 0. The summed E-state index contributed by atoms with van der Waals surface area (Å²) in [6, 6.07) is 1.55. The zero-order valence-electron chi connectivity index (χ0n) is 5.46. The molecule has 3 nitrogen and oxygen atoms in total. The van der Waals surface area contributed by atoms with Crippen LogP contribution in [-0.4, -0.2) is 5.78 Å². The summed E-state index contributed by atoms with van der Waals surface area (Å²) in [5.74, 6) is 0.128. The maximum absolute atomic E-state index is 10.6. The molecule has 0 saturated carbocycles. The summed E-state index contributed by atoms with van der Waals surface area (Å²) in [4.78, 5) is 10.6. The molecule has 0 unspecified atom stereocenters. The first-order valence-corrected chi connectivity index (χ1v) is 2.55. The molecule has 0 bridgehead atoms. The molecule has 1 aromatic rings. The summed E-state index contributed by atoms with van der Waals surface area (Å²) in [6.45, 7) is 1.45. The predicted octanol–water partition coefficient (Wildman–Crippen LogP) is 1.49. The lowest BCUT2D eigenvalue weighted by atomic mass is 10.2. The van der Waals surface area contributed by atoms with Crippen LogP contribution in [0.5, 0.6) is 0 Å². The summed E-state index contributed by atoms with van der Waals surface area (Å²) in [7, 11) is 0. The van der Waals surface area contributed by atoms with E-state index in [0.29, 0.717) is 5.56 Å². The summed E-state index contributed by atoms with van der Waals surface area (Å²) >= 11 is 0. The number of furan rings is 1. The molecule has 0 aromatic carbocycles. The van der Waals surface area contributed by atoms with Gasteiger partial charge < -0.3 is 10.2 Å². The number of carbonyl (C=O) groups is 1. The normalized spacial score (nSPS) is 8.50. The molecule has 0 aliphatic heterocycles. The summed E-state index contributed by atoms with van der Waals surface area (Å²) in [6.07, 6.45) is 1.39. The maximum Gasteiger partial charge on any atom is 0.200 e. The van der Waals surface area contributed by atoms with Crippen LogP contribution in [0.3, 0.4) is 0 Å². The first-order valence-electron chi connectivity index (χ1n) is 2.55. The van der Waals surface area contributed by atoms with Crippen molar-refractivity contribution in [2.45, 2.75) is 6.92 Å². The lowest BCUT2D eigenvalue weighted by molar-refractivity contribution is 0.101. The zero-order valence-corrected chi connectivity index (χ0v) is 6.27. The number of anilines is 1. The molecule has 0 amide bonds. The molecule has 10 heavy (non-hydrogen) atoms. The summed E-state index contributed by atoms with van der Waals surface area (Å²) in [5.41, 5.74) is 5.71. The second kappa shape index (κ2) is 3.27. The SMILES string of the molecule is CC(=O)c1ccoc1N.Cl. The van der Waals surface area contributed by atoms with Crippen LogP contribution in [-0.2, 0) is 0 Å². The zero-order chi connectivity index (χ0) is 6.85. The van der Waals surface area contributed by atoms with Crippen molar-refractivity contribution in [1.29, 1.82) is 0 Å². The maximum atomic E-state index is 10.6. The van der Waals surface area contributed by atoms with Crippen LogP contribution in [0.2, 0.25) is 0 Å². The van der Waals surface area contributed by atoms with Gasteiger partial charge in [0.2, 0.25) is 5.88 Å². The lowest BCUT2D eigenvalue weighted by Crippen LogP contribution is -1.94. The van der Waals surface area contributed by atoms with Crippen molar-refractivity contribution >= 4 is 24.1 Å². The Kier molecular flexibility index (Phi) is 2.96. The quantitative estimate of drug-likeness (QED) is 0.635. The van der Waals surface area contributed by atoms with E-state index in [9.17, 15) is 4.79 Å². The van der Waals surface area contributed by atoms with E-state index in [0.717, 1.165) is 0 Å². The number of halogens is 1. The Morgan fingerprint density at radius 3 is 2.50 bits per heavy atom. The number of nitrogens with two attached hydrogens (primary N) is 1. The van der Waals surface area contributed by atoms with Gasteiger partial charge in [0.05, 0.1) is 11.8 Å². The Morgan fingerprint density at radius 1 is 1.70 bits per heavy atom. The van der Waals surface area contributed by atoms with E-state index in [1.54, 1.807) is 6.07 Å². The minimum atomic E-state index is -0.0683. The number of rotatable bonds is 1. The average molecular weight is 162 g/mol. The Morgan fingerprint density at radius 2 is 2.30 bits per heavy atom. The van der Waals surface area contributed by atoms with Crippen molar-refractivity contribution < 1.29 is 9.21 Å². The van der Waals surface area contributed by atoms with Gasteiger partial charge in [0, 0.05) is 0 Å². The fourth-order valence-electron chi connectivity index (χ4n) is 0.612. The van der Waals surface area contributed by atoms with E-state index in [2.05, 4.69) is 4.42 Å². The first kappa shape index (κ1) is 9.04. The van der Waals surface area contributed by atoms with Gasteiger partial charge in [-0.1, -0.05) is 0 Å². The molecule has 0 radical (unpaired) electrons. The summed E-state index contributed by atoms with van der Waals surface area (Å²) in [5, 5.41) is 0. The highest BCUT2D eigenvalue weighted by Gasteiger charge is 2.04. The third-order valence-corrected chi connectivity index (χ3v) is 1.07. The molecule has 1 aromatic heterocycles. The van der Waals surface area contributed by atoms with Gasteiger partial charge in [0.1, 0.15) is 0 Å². The van der Waals surface area contributed by atoms with Gasteiger partial charge in [-0.15, -0.1) is 12.4 Å². The van der Waals surface area contributed by atoms with E-state index < -0.39 is 0 Å². The van der Waals surface area contributed by atoms with Gasteiger partial charge in [0.25, 0.3) is 0 Å². The highest BCUT2D eigenvalue weighted by atomic mass is 35.5. The molecule has 4 heteroatoms. The van der Waals surface area contributed by atoms with Gasteiger partial charge in [-0.25, -0.2) is 0 Å². The summed E-state index contributed by atoms with van der Waals surface area (Å²) < 4.78 is 4.68. The highest BCUT2D eigenvalue weighted by molar-refractivity contribution is 5.97. The molecule has 56 valence electrons. The van der Waals surface area contributed by atoms with Crippen molar-refractivity contribution in [2.75, 3.05) is 5.73 Å². The number of ketones is 1. The van der Waals surface area contributed by atoms with Gasteiger partial charge in [-0.05, 0) is 13.0 Å². The number of hydrogen-bond donors (Lipinski definition) is 1. The number of hydrogen-bond acceptors (Lipinski definition) is 3. The molecule has 0 atom stereocenters. The minimum Gasteiger partial charge on any atom is -0.448 e. The van der Waals surface area contributed by atoms with Crippen molar-refractivity contribution in [3.63, 3.8) is 0 Å². The molecule has 0 fully saturated rings. The van der Waals surface area contributed by atoms with Crippen molar-refractivity contribution in [3.8, 4) is 0 Å². The van der Waals surface area contributed by atoms with Gasteiger partial charge in [-0.3, -0.25) is 4.79 Å². The molecule has 0 saturated heterocycles. The molecule has 2 N–H and O–H groups in total. The molecule has 0 spiro atoms. The highest BCUT2D eigenvalue weighted by Crippen LogP contribution is 2.11. The van der Waals surface area contributed by atoms with Crippen LogP contribution in [0.4, 0.5) is 5.88 Å². The van der Waals surface area contributed by atoms with E-state index in [-0.39, 0.29) is 24.1 Å². The monoisotopic (exact) mass is 161 g/mol. The van der Waals surface area contributed by atoms with E-state index in [1.807, 2.05) is 0 Å². The topological polar surface area (TPSA) is 56.2 Å². The van der Waals surface area contributed by atoms with Crippen LogP contribution >= 0.6 is 12.4 Å². The third-order valence-electron chi connectivity index (χ3n) is 1.07. The first-order chi connectivity index (χ1) is 4.22. The number of Topliss-reactive ketones (excluding diaryl/α,β-unsaturated/α-hetero) is 1. The van der Waals surface area contributed by atoms with Crippen molar-refractivity contribution in [2.24, 2.45) is 0 Å². The van der Waals surface area contributed by atoms with Crippen LogP contribution in [0.15, 0.2) is 16.7 Å². The van der Waals surface area contributed by atoms with E-state index >= 15 is 0 Å². The third kappa shape index (κ3) is 1.51. The molecule has 1 rings (SSSR count). The van der Waals surface area contributed by atoms with Gasteiger partial charge in [0.15, 0.2) is 5.78 Å². The Labute approximate surface area is 64.6 Å². The molecular formula is C6H8ClNO2. The molecule has 1 heterocycles. The smallest absolute Gasteiger partial charge is 0.200 e. The molecular weight excluding hydrogens is 154 g/mol.